The average Bonchev–Trinajstić information content (AvgIpc) is 3.27. The molecule has 1 N–H and O–H groups in total. The van der Waals surface area contributed by atoms with E-state index in [-0.39, 0.29) is 23.9 Å². The molecule has 1 aliphatic heterocycles. The van der Waals surface area contributed by atoms with Crippen LogP contribution in [0.4, 0.5) is 0 Å². The van der Waals surface area contributed by atoms with Crippen LogP contribution < -0.4 is 10.9 Å². The molecule has 146 valence electrons. The first-order valence-electron chi connectivity index (χ1n) is 9.57. The van der Waals surface area contributed by atoms with Crippen molar-refractivity contribution in [2.24, 2.45) is 5.92 Å². The number of aromatic nitrogens is 2. The first-order chi connectivity index (χ1) is 13.7. The van der Waals surface area contributed by atoms with Gasteiger partial charge in [0.05, 0.1) is 23.3 Å². The van der Waals surface area contributed by atoms with Gasteiger partial charge in [0.1, 0.15) is 0 Å². The average molecular weight is 398 g/mol. The number of fused-ring (bicyclic) bond motifs is 1. The molecule has 3 aromatic rings. The maximum atomic E-state index is 12.7. The van der Waals surface area contributed by atoms with E-state index in [1.807, 2.05) is 29.6 Å². The summed E-state index contributed by atoms with van der Waals surface area (Å²) in [7, 11) is 0. The molecule has 0 bridgehead atoms. The minimum absolute atomic E-state index is 0.00264. The largest absolute Gasteiger partial charge is 0.381 e. The minimum atomic E-state index is -0.113. The third-order valence-electron chi connectivity index (χ3n) is 5.21. The van der Waals surface area contributed by atoms with Gasteiger partial charge in [-0.15, -0.1) is 11.3 Å². The Bertz CT molecular complexity index is 994. The number of amides is 1. The van der Waals surface area contributed by atoms with Gasteiger partial charge in [0.2, 0.25) is 5.91 Å². The number of aryl methyl sites for hydroxylation is 1. The summed E-state index contributed by atoms with van der Waals surface area (Å²) in [6.07, 6.45) is 3.64. The molecule has 7 heteroatoms. The molecule has 0 radical (unpaired) electrons. The fourth-order valence-corrected chi connectivity index (χ4v) is 4.54. The minimum Gasteiger partial charge on any atom is -0.381 e. The number of rotatable bonds is 6. The summed E-state index contributed by atoms with van der Waals surface area (Å²) in [6, 6.07) is 11.3. The molecule has 1 amide bonds. The molecule has 0 spiro atoms. The molecular formula is C21H23N3O3S. The highest BCUT2D eigenvalue weighted by Crippen LogP contribution is 2.32. The fourth-order valence-electron chi connectivity index (χ4n) is 3.67. The summed E-state index contributed by atoms with van der Waals surface area (Å²) >= 11 is 1.66. The Morgan fingerprint density at radius 3 is 2.86 bits per heavy atom. The third-order valence-corrected chi connectivity index (χ3v) is 6.17. The van der Waals surface area contributed by atoms with E-state index < -0.39 is 0 Å². The van der Waals surface area contributed by atoms with Crippen LogP contribution in [-0.2, 0) is 16.1 Å². The second-order valence-corrected chi connectivity index (χ2v) is 8.00. The monoisotopic (exact) mass is 397 g/mol. The molecule has 2 aromatic heterocycles. The molecular weight excluding hydrogens is 374 g/mol. The number of ether oxygens (including phenoxy) is 1. The van der Waals surface area contributed by atoms with Gasteiger partial charge in [0.25, 0.3) is 5.56 Å². The zero-order chi connectivity index (χ0) is 19.3. The number of hydrogen-bond donors (Lipinski definition) is 1. The quantitative estimate of drug-likeness (QED) is 0.694. The molecule has 1 fully saturated rings. The number of nitrogens with one attached hydrogen (secondary N) is 1. The van der Waals surface area contributed by atoms with Crippen LogP contribution in [0, 0.1) is 5.92 Å². The van der Waals surface area contributed by atoms with Gasteiger partial charge in [-0.1, -0.05) is 18.2 Å². The predicted molar refractivity (Wildman–Crippen MR) is 109 cm³/mol. The molecule has 28 heavy (non-hydrogen) atoms. The second-order valence-electron chi connectivity index (χ2n) is 7.02. The molecule has 4 rings (SSSR count). The highest BCUT2D eigenvalue weighted by Gasteiger charge is 2.27. The SMILES string of the molecule is O=C(CCn1cnc2ccccc2c1=O)NC(c1cccs1)C1CCOCC1. The van der Waals surface area contributed by atoms with Crippen molar-refractivity contribution in [1.82, 2.24) is 14.9 Å². The number of thiophene rings is 1. The number of benzene rings is 1. The number of nitrogens with zero attached hydrogens (tertiary/aromatic N) is 2. The van der Waals surface area contributed by atoms with E-state index >= 15 is 0 Å². The maximum absolute atomic E-state index is 12.7. The van der Waals surface area contributed by atoms with Gasteiger partial charge in [0.15, 0.2) is 0 Å². The van der Waals surface area contributed by atoms with Gasteiger partial charge < -0.3 is 10.1 Å². The van der Waals surface area contributed by atoms with E-state index in [9.17, 15) is 9.59 Å². The highest BCUT2D eigenvalue weighted by atomic mass is 32.1. The lowest BCUT2D eigenvalue weighted by molar-refractivity contribution is -0.122. The van der Waals surface area contributed by atoms with Crippen LogP contribution in [-0.4, -0.2) is 28.7 Å². The van der Waals surface area contributed by atoms with E-state index in [2.05, 4.69) is 16.4 Å². The zero-order valence-corrected chi connectivity index (χ0v) is 16.4. The second kappa shape index (κ2) is 8.67. The Hall–Kier alpha value is -2.51. The smallest absolute Gasteiger partial charge is 0.261 e. The van der Waals surface area contributed by atoms with Gasteiger partial charge in [0, 0.05) is 31.1 Å². The number of hydrogen-bond acceptors (Lipinski definition) is 5. The molecule has 0 saturated carbocycles. The van der Waals surface area contributed by atoms with Gasteiger partial charge >= 0.3 is 0 Å². The Labute approximate surface area is 167 Å². The summed E-state index contributed by atoms with van der Waals surface area (Å²) in [4.78, 5) is 30.7. The van der Waals surface area contributed by atoms with Crippen LogP contribution in [0.15, 0.2) is 52.9 Å². The molecule has 1 unspecified atom stereocenters. The lowest BCUT2D eigenvalue weighted by Gasteiger charge is -2.30. The maximum Gasteiger partial charge on any atom is 0.261 e. The normalized spacial score (nSPS) is 16.1. The van der Waals surface area contributed by atoms with Crippen molar-refractivity contribution in [2.45, 2.75) is 31.8 Å². The number of para-hydroxylation sites is 1. The first kappa shape index (κ1) is 18.8. The molecule has 3 heterocycles. The molecule has 1 atom stereocenters. The fraction of sp³-hybridized carbons (Fsp3) is 0.381. The lowest BCUT2D eigenvalue weighted by atomic mass is 9.90. The lowest BCUT2D eigenvalue weighted by Crippen LogP contribution is -2.36. The van der Waals surface area contributed by atoms with E-state index in [0.717, 1.165) is 26.1 Å². The van der Waals surface area contributed by atoms with Crippen LogP contribution in [0.2, 0.25) is 0 Å². The zero-order valence-electron chi connectivity index (χ0n) is 15.5. The summed E-state index contributed by atoms with van der Waals surface area (Å²) in [5.41, 5.74) is 0.558. The van der Waals surface area contributed by atoms with Crippen molar-refractivity contribution in [3.05, 3.63) is 63.3 Å². The number of carbonyl (C=O) groups excluding carboxylic acids is 1. The summed E-state index contributed by atoms with van der Waals surface area (Å²) in [6.45, 7) is 1.79. The molecule has 1 saturated heterocycles. The Morgan fingerprint density at radius 2 is 2.07 bits per heavy atom. The highest BCUT2D eigenvalue weighted by molar-refractivity contribution is 7.10. The summed E-state index contributed by atoms with van der Waals surface area (Å²) in [5.74, 6) is 0.325. The Morgan fingerprint density at radius 1 is 1.25 bits per heavy atom. The van der Waals surface area contributed by atoms with Gasteiger partial charge in [-0.25, -0.2) is 4.98 Å². The predicted octanol–water partition coefficient (Wildman–Crippen LogP) is 3.13. The standard InChI is InChI=1S/C21H23N3O3S/c25-19(7-10-24-14-22-17-5-2-1-4-16(17)21(24)26)23-20(18-6-3-13-28-18)15-8-11-27-12-9-15/h1-6,13-15,20H,7-12H2,(H,23,25). The van der Waals surface area contributed by atoms with Crippen molar-refractivity contribution in [2.75, 3.05) is 13.2 Å². The van der Waals surface area contributed by atoms with Crippen molar-refractivity contribution < 1.29 is 9.53 Å². The Kier molecular flexibility index (Phi) is 5.83. The summed E-state index contributed by atoms with van der Waals surface area (Å²) in [5, 5.41) is 5.81. The van der Waals surface area contributed by atoms with Crippen molar-refractivity contribution in [3.63, 3.8) is 0 Å². The van der Waals surface area contributed by atoms with Gasteiger partial charge in [-0.3, -0.25) is 14.2 Å². The van der Waals surface area contributed by atoms with E-state index in [1.54, 1.807) is 17.4 Å². The number of carbonyl (C=O) groups is 1. The van der Waals surface area contributed by atoms with Gasteiger partial charge in [-0.2, -0.15) is 0 Å². The van der Waals surface area contributed by atoms with Crippen molar-refractivity contribution in [3.8, 4) is 0 Å². The molecule has 1 aromatic carbocycles. The van der Waals surface area contributed by atoms with Crippen LogP contribution in [0.1, 0.15) is 30.2 Å². The summed E-state index contributed by atoms with van der Waals surface area (Å²) < 4.78 is 6.98. The topological polar surface area (TPSA) is 73.2 Å². The van der Waals surface area contributed by atoms with Gasteiger partial charge in [-0.05, 0) is 42.3 Å². The molecule has 1 aliphatic rings. The van der Waals surface area contributed by atoms with Crippen LogP contribution in [0.25, 0.3) is 10.9 Å². The van der Waals surface area contributed by atoms with E-state index in [0.29, 0.717) is 23.4 Å². The van der Waals surface area contributed by atoms with E-state index in [4.69, 9.17) is 4.74 Å². The molecule has 6 nitrogen and oxygen atoms in total. The van der Waals surface area contributed by atoms with Crippen LogP contribution in [0.5, 0.6) is 0 Å². The third kappa shape index (κ3) is 4.15. The van der Waals surface area contributed by atoms with Crippen molar-refractivity contribution in [1.29, 1.82) is 0 Å². The van der Waals surface area contributed by atoms with Crippen LogP contribution >= 0.6 is 11.3 Å². The molecule has 0 aliphatic carbocycles. The first-order valence-corrected chi connectivity index (χ1v) is 10.4. The van der Waals surface area contributed by atoms with E-state index in [1.165, 1.54) is 15.8 Å². The van der Waals surface area contributed by atoms with Crippen molar-refractivity contribution >= 4 is 28.1 Å². The Balaban J connectivity index is 1.44. The van der Waals surface area contributed by atoms with Crippen LogP contribution in [0.3, 0.4) is 0 Å².